The molecule has 7 heteroatoms. The summed E-state index contributed by atoms with van der Waals surface area (Å²) in [6.07, 6.45) is 3.91. The molecule has 24 heavy (non-hydrogen) atoms. The number of fused-ring (bicyclic) bond motifs is 1. The summed E-state index contributed by atoms with van der Waals surface area (Å²) in [5, 5.41) is 15.7. The number of nitriles is 1. The molecule has 1 aliphatic rings. The van der Waals surface area contributed by atoms with Crippen LogP contribution in [0.2, 0.25) is 0 Å². The second-order valence-electron chi connectivity index (χ2n) is 5.77. The van der Waals surface area contributed by atoms with Crippen LogP contribution in [0.1, 0.15) is 30.0 Å². The first-order chi connectivity index (χ1) is 11.7. The van der Waals surface area contributed by atoms with Gasteiger partial charge in [0.15, 0.2) is 11.5 Å². The minimum Gasteiger partial charge on any atom is -0.497 e. The molecule has 7 nitrogen and oxygen atoms in total. The van der Waals surface area contributed by atoms with Crippen molar-refractivity contribution < 1.29 is 9.47 Å². The van der Waals surface area contributed by atoms with E-state index in [9.17, 15) is 5.26 Å². The summed E-state index contributed by atoms with van der Waals surface area (Å²) in [5.74, 6) is 2.69. The molecule has 0 aliphatic heterocycles. The summed E-state index contributed by atoms with van der Waals surface area (Å²) in [7, 11) is 3.24. The van der Waals surface area contributed by atoms with Crippen LogP contribution in [-0.2, 0) is 0 Å². The van der Waals surface area contributed by atoms with Crippen molar-refractivity contribution in [2.45, 2.75) is 18.8 Å². The van der Waals surface area contributed by atoms with Crippen LogP contribution in [-0.4, -0.2) is 28.8 Å². The SMILES string of the molecule is COc1ccc(Nc2c(C3CC3)nc3c(C#N)c[nH]n23)c(OC)c1. The van der Waals surface area contributed by atoms with Gasteiger partial charge in [0.1, 0.15) is 23.1 Å². The van der Waals surface area contributed by atoms with Gasteiger partial charge in [-0.15, -0.1) is 0 Å². The van der Waals surface area contributed by atoms with Crippen molar-refractivity contribution in [1.82, 2.24) is 14.6 Å². The Kier molecular flexibility index (Phi) is 3.31. The average Bonchev–Trinajstić information content (AvgIpc) is 3.29. The number of imidazole rings is 1. The van der Waals surface area contributed by atoms with E-state index in [4.69, 9.17) is 9.47 Å². The minimum absolute atomic E-state index is 0.441. The van der Waals surface area contributed by atoms with Gasteiger partial charge in [-0.05, 0) is 25.0 Å². The third kappa shape index (κ3) is 2.24. The molecule has 0 saturated heterocycles. The van der Waals surface area contributed by atoms with E-state index in [-0.39, 0.29) is 0 Å². The predicted molar refractivity (Wildman–Crippen MR) is 89.1 cm³/mol. The summed E-state index contributed by atoms with van der Waals surface area (Å²) in [6, 6.07) is 7.77. The number of hydrogen-bond donors (Lipinski definition) is 2. The number of anilines is 2. The lowest BCUT2D eigenvalue weighted by Gasteiger charge is -2.13. The van der Waals surface area contributed by atoms with Crippen molar-refractivity contribution in [3.8, 4) is 17.6 Å². The normalized spacial score (nSPS) is 13.7. The lowest BCUT2D eigenvalue weighted by molar-refractivity contribution is 0.395. The molecule has 4 rings (SSSR count). The highest BCUT2D eigenvalue weighted by Gasteiger charge is 2.31. The van der Waals surface area contributed by atoms with E-state index in [0.29, 0.717) is 22.9 Å². The average molecular weight is 323 g/mol. The Morgan fingerprint density at radius 1 is 1.33 bits per heavy atom. The number of nitrogens with zero attached hydrogens (tertiary/aromatic N) is 3. The second kappa shape index (κ2) is 5.49. The number of hydrogen-bond acceptors (Lipinski definition) is 5. The van der Waals surface area contributed by atoms with Crippen molar-refractivity contribution in [3.63, 3.8) is 0 Å². The number of nitrogens with one attached hydrogen (secondary N) is 2. The molecular weight excluding hydrogens is 306 g/mol. The zero-order valence-electron chi connectivity index (χ0n) is 13.5. The van der Waals surface area contributed by atoms with Crippen LogP contribution < -0.4 is 14.8 Å². The molecular formula is C17H17N5O2. The largest absolute Gasteiger partial charge is 0.497 e. The maximum Gasteiger partial charge on any atom is 0.173 e. The van der Waals surface area contributed by atoms with E-state index >= 15 is 0 Å². The van der Waals surface area contributed by atoms with Gasteiger partial charge in [0, 0.05) is 18.2 Å². The van der Waals surface area contributed by atoms with Crippen molar-refractivity contribution in [3.05, 3.63) is 35.7 Å². The molecule has 0 unspecified atom stereocenters. The van der Waals surface area contributed by atoms with Crippen LogP contribution in [0, 0.1) is 11.3 Å². The number of methoxy groups -OCH3 is 2. The Morgan fingerprint density at radius 3 is 2.83 bits per heavy atom. The summed E-state index contributed by atoms with van der Waals surface area (Å²) in [4.78, 5) is 4.67. The molecule has 1 fully saturated rings. The van der Waals surface area contributed by atoms with Gasteiger partial charge >= 0.3 is 0 Å². The Labute approximate surface area is 138 Å². The predicted octanol–water partition coefficient (Wildman–Crippen LogP) is 3.17. The monoisotopic (exact) mass is 323 g/mol. The molecule has 122 valence electrons. The molecule has 0 bridgehead atoms. The fourth-order valence-electron chi connectivity index (χ4n) is 2.81. The summed E-state index contributed by atoms with van der Waals surface area (Å²) < 4.78 is 12.5. The fourth-order valence-corrected chi connectivity index (χ4v) is 2.81. The zero-order chi connectivity index (χ0) is 16.7. The van der Waals surface area contributed by atoms with Gasteiger partial charge < -0.3 is 14.8 Å². The van der Waals surface area contributed by atoms with Gasteiger partial charge in [-0.2, -0.15) is 5.26 Å². The van der Waals surface area contributed by atoms with Gasteiger partial charge in [0.2, 0.25) is 0 Å². The molecule has 0 atom stereocenters. The number of aromatic nitrogens is 3. The molecule has 0 radical (unpaired) electrons. The topological polar surface area (TPSA) is 87.4 Å². The summed E-state index contributed by atoms with van der Waals surface area (Å²) in [6.45, 7) is 0. The molecule has 0 spiro atoms. The Hall–Kier alpha value is -3.14. The number of rotatable bonds is 5. The van der Waals surface area contributed by atoms with Crippen LogP contribution in [0.25, 0.3) is 5.65 Å². The van der Waals surface area contributed by atoms with Gasteiger partial charge in [0.25, 0.3) is 0 Å². The Balaban J connectivity index is 1.81. The minimum atomic E-state index is 0.441. The number of H-pyrrole nitrogens is 1. The number of ether oxygens (including phenoxy) is 2. The lowest BCUT2D eigenvalue weighted by Crippen LogP contribution is -2.01. The quantitative estimate of drug-likeness (QED) is 0.753. The standard InChI is InChI=1S/C17H17N5O2/c1-23-12-5-6-13(14(7-12)24-2)20-17-15(10-3-4-10)21-16-11(8-18)9-19-22(16)17/h5-7,9-10,19-20H,3-4H2,1-2H3. The van der Waals surface area contributed by atoms with Crippen LogP contribution in [0.3, 0.4) is 0 Å². The van der Waals surface area contributed by atoms with Crippen LogP contribution in [0.4, 0.5) is 11.5 Å². The van der Waals surface area contributed by atoms with Gasteiger partial charge in [-0.1, -0.05) is 0 Å². The molecule has 2 heterocycles. The van der Waals surface area contributed by atoms with Gasteiger partial charge in [0.05, 0.1) is 25.6 Å². The molecule has 1 saturated carbocycles. The van der Waals surface area contributed by atoms with E-state index in [1.165, 1.54) is 0 Å². The van der Waals surface area contributed by atoms with Gasteiger partial charge in [-0.3, -0.25) is 5.10 Å². The highest BCUT2D eigenvalue weighted by molar-refractivity contribution is 5.71. The van der Waals surface area contributed by atoms with E-state index in [0.717, 1.165) is 35.8 Å². The molecule has 2 aromatic heterocycles. The number of benzene rings is 1. The molecule has 3 aromatic rings. The first-order valence-corrected chi connectivity index (χ1v) is 7.74. The van der Waals surface area contributed by atoms with Crippen molar-refractivity contribution >= 4 is 17.2 Å². The third-order valence-corrected chi connectivity index (χ3v) is 4.23. The maximum absolute atomic E-state index is 9.23. The molecule has 0 amide bonds. The summed E-state index contributed by atoms with van der Waals surface area (Å²) in [5.41, 5.74) is 2.98. The smallest absolute Gasteiger partial charge is 0.173 e. The maximum atomic E-state index is 9.23. The first kappa shape index (κ1) is 14.5. The van der Waals surface area contributed by atoms with Crippen LogP contribution >= 0.6 is 0 Å². The Bertz CT molecular complexity index is 946. The van der Waals surface area contributed by atoms with Crippen molar-refractivity contribution in [1.29, 1.82) is 5.26 Å². The highest BCUT2D eigenvalue weighted by atomic mass is 16.5. The first-order valence-electron chi connectivity index (χ1n) is 7.74. The highest BCUT2D eigenvalue weighted by Crippen LogP contribution is 2.44. The van der Waals surface area contributed by atoms with Crippen molar-refractivity contribution in [2.24, 2.45) is 0 Å². The van der Waals surface area contributed by atoms with E-state index in [1.54, 1.807) is 20.4 Å². The lowest BCUT2D eigenvalue weighted by atomic mass is 10.2. The molecule has 1 aliphatic carbocycles. The molecule has 1 aromatic carbocycles. The zero-order valence-corrected chi connectivity index (χ0v) is 13.5. The van der Waals surface area contributed by atoms with E-state index in [2.05, 4.69) is 21.5 Å². The van der Waals surface area contributed by atoms with Crippen molar-refractivity contribution in [2.75, 3.05) is 19.5 Å². The van der Waals surface area contributed by atoms with Crippen LogP contribution in [0.5, 0.6) is 11.5 Å². The summed E-state index contributed by atoms with van der Waals surface area (Å²) >= 11 is 0. The van der Waals surface area contributed by atoms with Gasteiger partial charge in [-0.25, -0.2) is 9.50 Å². The molecule has 2 N–H and O–H groups in total. The Morgan fingerprint density at radius 2 is 2.17 bits per heavy atom. The third-order valence-electron chi connectivity index (χ3n) is 4.23. The van der Waals surface area contributed by atoms with E-state index in [1.807, 2.05) is 22.7 Å². The van der Waals surface area contributed by atoms with Crippen LogP contribution in [0.15, 0.2) is 24.4 Å². The second-order valence-corrected chi connectivity index (χ2v) is 5.77. The fraction of sp³-hybridized carbons (Fsp3) is 0.294. The van der Waals surface area contributed by atoms with E-state index < -0.39 is 0 Å². The number of aromatic amines is 1.